The Labute approximate surface area is 408 Å². The summed E-state index contributed by atoms with van der Waals surface area (Å²) in [5.41, 5.74) is 13.5. The number of likely N-dealkylation sites (N-methyl/N-ethyl adjacent to an activating group) is 1. The summed E-state index contributed by atoms with van der Waals surface area (Å²) >= 11 is 0. The molecule has 69 heavy (non-hydrogen) atoms. The first-order chi connectivity index (χ1) is 33.7. The molecule has 0 saturated heterocycles. The van der Waals surface area contributed by atoms with E-state index in [0.29, 0.717) is 6.54 Å². The van der Waals surface area contributed by atoms with Crippen LogP contribution in [-0.2, 0) is 9.53 Å². The largest absolute Gasteiger partial charge is 0.461 e. The molecule has 0 fully saturated rings. The molecule has 2 aliphatic heterocycles. The molecule has 0 atom stereocenters. The maximum Gasteiger partial charge on any atom is 0.330 e. The molecule has 0 saturated carbocycles. The van der Waals surface area contributed by atoms with Crippen molar-refractivity contribution in [1.82, 2.24) is 9.15 Å². The molecule has 8 nitrogen and oxygen atoms in total. The molecule has 0 amide bonds. The van der Waals surface area contributed by atoms with Gasteiger partial charge in [0.1, 0.15) is 55.5 Å². The van der Waals surface area contributed by atoms with Crippen molar-refractivity contribution in [2.45, 2.75) is 74.1 Å². The number of carbonyl (C=O) groups is 1. The van der Waals surface area contributed by atoms with Crippen molar-refractivity contribution in [1.29, 1.82) is 0 Å². The van der Waals surface area contributed by atoms with Crippen LogP contribution >= 0.6 is 0 Å². The van der Waals surface area contributed by atoms with Gasteiger partial charge in [0, 0.05) is 107 Å². The highest BCUT2D eigenvalue weighted by Crippen LogP contribution is 2.43. The maximum absolute atomic E-state index is 11.7. The van der Waals surface area contributed by atoms with Crippen molar-refractivity contribution >= 4 is 39.3 Å². The molecule has 0 bridgehead atoms. The SMILES string of the molecule is C=CC(=O)OCCN(CC)c1ccc2c(-c3ccccc3C)c3ccc(=[N+](CC)CCCCCC[N+](CC)=c4ccc5c(-c6ccccc6C)c6ccc(N(CC)CC)cc6oc-5c4)cc-3oc2c1. The molecule has 4 aromatic rings. The quantitative estimate of drug-likeness (QED) is 0.0249. The Bertz CT molecular complexity index is 3170. The van der Waals surface area contributed by atoms with Crippen LogP contribution in [0.2, 0.25) is 0 Å². The van der Waals surface area contributed by atoms with Gasteiger partial charge < -0.3 is 23.4 Å². The van der Waals surface area contributed by atoms with Crippen molar-refractivity contribution in [2.24, 2.45) is 0 Å². The zero-order valence-corrected chi connectivity index (χ0v) is 41.9. The number of carbonyl (C=O) groups excluding carboxylic acids is 1. The van der Waals surface area contributed by atoms with Crippen molar-refractivity contribution < 1.29 is 18.4 Å². The lowest BCUT2D eigenvalue weighted by Crippen LogP contribution is -2.31. The van der Waals surface area contributed by atoms with Crippen LogP contribution in [0.1, 0.15) is 71.4 Å². The number of esters is 1. The van der Waals surface area contributed by atoms with E-state index in [1.54, 1.807) is 0 Å². The van der Waals surface area contributed by atoms with Gasteiger partial charge in [0.15, 0.2) is 0 Å². The van der Waals surface area contributed by atoms with Crippen molar-refractivity contribution in [3.05, 3.63) is 156 Å². The monoisotopic (exact) mass is 923 g/mol. The van der Waals surface area contributed by atoms with Gasteiger partial charge in [0.25, 0.3) is 0 Å². The minimum Gasteiger partial charge on any atom is -0.461 e. The second kappa shape index (κ2) is 22.5. The zero-order chi connectivity index (χ0) is 48.4. The van der Waals surface area contributed by atoms with E-state index in [0.717, 1.165) is 122 Å². The second-order valence-corrected chi connectivity index (χ2v) is 18.0. The van der Waals surface area contributed by atoms with Crippen LogP contribution < -0.4 is 29.7 Å². The van der Waals surface area contributed by atoms with Gasteiger partial charge >= 0.3 is 5.97 Å². The van der Waals surface area contributed by atoms with E-state index in [2.05, 4.69) is 195 Å². The zero-order valence-electron chi connectivity index (χ0n) is 41.9. The Balaban J connectivity index is 1.02. The Morgan fingerprint density at radius 1 is 0.565 bits per heavy atom. The number of aryl methyl sites for hydroxylation is 2. The summed E-state index contributed by atoms with van der Waals surface area (Å²) in [5.74, 6) is 1.37. The fraction of sp³-hybridized carbons (Fsp3) is 0.328. The lowest BCUT2D eigenvalue weighted by Gasteiger charge is -2.24. The standard InChI is InChI=1S/C61H70N4O4/c1-9-59(66)67-38-37-65(14-6)48-30-34-54-58(42-48)69-57-41-47(29-33-53(57)61(54)50-26-20-18-24-44(50)8)64(13-5)36-22-16-15-21-35-63(12-4)46-28-32-52-56(40-46)68-55-39-45(62(10-2)11-3)27-31-51(55)60(52)49-25-19-17-23-43(49)7/h9,17-20,23-34,39-42H,1,10-16,21-22,35-38H2,2-8H3/q+2. The average molecular weight is 923 g/mol. The molecule has 8 rings (SSSR count). The molecule has 4 aliphatic rings. The summed E-state index contributed by atoms with van der Waals surface area (Å²) in [6.07, 6.45) is 5.75. The summed E-state index contributed by atoms with van der Waals surface area (Å²) in [6.45, 7) is 26.2. The van der Waals surface area contributed by atoms with E-state index in [9.17, 15) is 4.79 Å². The van der Waals surface area contributed by atoms with Crippen molar-refractivity contribution in [3.8, 4) is 44.9 Å². The highest BCUT2D eigenvalue weighted by atomic mass is 16.5. The smallest absolute Gasteiger partial charge is 0.330 e. The summed E-state index contributed by atoms with van der Waals surface area (Å²) in [5, 5.41) is 4.58. The van der Waals surface area contributed by atoms with Gasteiger partial charge in [-0.2, -0.15) is 0 Å². The normalized spacial score (nSPS) is 12.4. The van der Waals surface area contributed by atoms with Gasteiger partial charge in [-0.05, 0) is 120 Å². The van der Waals surface area contributed by atoms with Crippen LogP contribution in [0.15, 0.2) is 143 Å². The predicted octanol–water partition coefficient (Wildman–Crippen LogP) is 12.6. The number of nitrogens with zero attached hydrogens (tertiary/aromatic N) is 4. The molecule has 2 heterocycles. The molecule has 0 unspecified atom stereocenters. The number of rotatable bonds is 20. The summed E-state index contributed by atoms with van der Waals surface area (Å²) < 4.78 is 24.0. The Kier molecular flexibility index (Phi) is 15.8. The topological polar surface area (TPSA) is 65.1 Å². The number of unbranched alkanes of at least 4 members (excludes halogenated alkanes) is 3. The third kappa shape index (κ3) is 10.6. The van der Waals surface area contributed by atoms with Crippen LogP contribution in [0.25, 0.3) is 66.8 Å². The van der Waals surface area contributed by atoms with Gasteiger partial charge in [0.05, 0.1) is 18.7 Å². The third-order valence-electron chi connectivity index (χ3n) is 14.0. The fourth-order valence-corrected chi connectivity index (χ4v) is 10.1. The van der Waals surface area contributed by atoms with Gasteiger partial charge in [-0.1, -0.05) is 55.1 Å². The van der Waals surface area contributed by atoms with Gasteiger partial charge in [0.2, 0.25) is 10.7 Å². The lowest BCUT2D eigenvalue weighted by molar-refractivity contribution is -0.137. The first kappa shape index (κ1) is 48.5. The molecular formula is C61H70N4O4+2. The van der Waals surface area contributed by atoms with Crippen LogP contribution in [0.5, 0.6) is 0 Å². The van der Waals surface area contributed by atoms with Gasteiger partial charge in [-0.15, -0.1) is 0 Å². The maximum atomic E-state index is 11.7. The number of fused-ring (bicyclic) bond motifs is 4. The van der Waals surface area contributed by atoms with Gasteiger partial charge in [-0.25, -0.2) is 13.9 Å². The molecule has 0 N–H and O–H groups in total. The van der Waals surface area contributed by atoms with Crippen molar-refractivity contribution in [3.63, 3.8) is 0 Å². The number of anilines is 2. The molecule has 0 spiro atoms. The minimum absolute atomic E-state index is 0.280. The van der Waals surface area contributed by atoms with Crippen LogP contribution in [0, 0.1) is 13.8 Å². The first-order valence-corrected chi connectivity index (χ1v) is 25.3. The first-order valence-electron chi connectivity index (χ1n) is 25.3. The summed E-state index contributed by atoms with van der Waals surface area (Å²) in [4.78, 5) is 16.3. The van der Waals surface area contributed by atoms with Crippen molar-refractivity contribution in [2.75, 3.05) is 68.8 Å². The van der Waals surface area contributed by atoms with Gasteiger partial charge in [-0.3, -0.25) is 0 Å². The second-order valence-electron chi connectivity index (χ2n) is 18.0. The third-order valence-corrected chi connectivity index (χ3v) is 14.0. The van der Waals surface area contributed by atoms with E-state index < -0.39 is 5.97 Å². The highest BCUT2D eigenvalue weighted by Gasteiger charge is 2.23. The number of benzene rings is 6. The van der Waals surface area contributed by atoms with E-state index in [1.807, 2.05) is 0 Å². The van der Waals surface area contributed by atoms with E-state index in [1.165, 1.54) is 55.9 Å². The Morgan fingerprint density at radius 3 is 1.46 bits per heavy atom. The van der Waals surface area contributed by atoms with E-state index >= 15 is 0 Å². The number of hydrogen-bond acceptors (Lipinski definition) is 6. The molecule has 356 valence electrons. The molecule has 0 aromatic heterocycles. The van der Waals surface area contributed by atoms with Crippen LogP contribution in [0.4, 0.5) is 11.4 Å². The van der Waals surface area contributed by atoms with E-state index in [4.69, 9.17) is 13.6 Å². The highest BCUT2D eigenvalue weighted by molar-refractivity contribution is 6.04. The fourth-order valence-electron chi connectivity index (χ4n) is 10.1. The average Bonchev–Trinajstić information content (AvgIpc) is 3.37. The number of ether oxygens (including phenoxy) is 1. The molecular weight excluding hydrogens is 853 g/mol. The number of hydrogen-bond donors (Lipinski definition) is 0. The molecule has 8 heteroatoms. The lowest BCUT2D eigenvalue weighted by atomic mass is 9.91. The van der Waals surface area contributed by atoms with Crippen LogP contribution in [0.3, 0.4) is 0 Å². The Hall–Kier alpha value is -6.93. The molecule has 2 aliphatic carbocycles. The Morgan fingerprint density at radius 2 is 1.03 bits per heavy atom. The van der Waals surface area contributed by atoms with Crippen LogP contribution in [-0.4, -0.2) is 64.9 Å². The predicted molar refractivity (Wildman–Crippen MR) is 288 cm³/mol. The minimum atomic E-state index is -0.411. The molecule has 4 aromatic carbocycles. The van der Waals surface area contributed by atoms with E-state index in [-0.39, 0.29) is 6.61 Å². The summed E-state index contributed by atoms with van der Waals surface area (Å²) in [6, 6.07) is 44.0. The molecule has 0 radical (unpaired) electrons. The summed E-state index contributed by atoms with van der Waals surface area (Å²) in [7, 11) is 0.